The molecule has 0 saturated heterocycles. The van der Waals surface area contributed by atoms with E-state index in [1.807, 2.05) is 42.6 Å². The Morgan fingerprint density at radius 3 is 2.58 bits per heavy atom. The molecule has 0 unspecified atom stereocenters. The fraction of sp³-hybridized carbons (Fsp3) is 0.0952. The van der Waals surface area contributed by atoms with E-state index in [-0.39, 0.29) is 0 Å². The Morgan fingerprint density at radius 2 is 1.77 bits per heavy atom. The van der Waals surface area contributed by atoms with Gasteiger partial charge in [0.2, 0.25) is 0 Å². The molecule has 26 heavy (non-hydrogen) atoms. The molecule has 0 spiro atoms. The maximum atomic E-state index is 6.78. The fourth-order valence-electron chi connectivity index (χ4n) is 3.88. The van der Waals surface area contributed by atoms with Crippen LogP contribution in [-0.4, -0.2) is 9.55 Å². The van der Waals surface area contributed by atoms with Gasteiger partial charge in [0, 0.05) is 34.3 Å². The number of aromatic nitrogens is 2. The maximum Gasteiger partial charge on any atom is 0.125 e. The quantitative estimate of drug-likeness (QED) is 0.412. The fourth-order valence-corrected chi connectivity index (χ4v) is 6.35. The van der Waals surface area contributed by atoms with E-state index < -0.39 is 5.54 Å². The number of imidazole rings is 1. The standard InChI is InChI=1S/C21H15ClN2S2/c22-19-8-4-3-7-17(19)21(24-11-10-23-14-24)16-6-2-1-5-15(16)13-26-20-18(21)9-12-25-20/h1-12,14H,13H2/t21-/m0/s1. The van der Waals surface area contributed by atoms with Crippen LogP contribution in [0.5, 0.6) is 0 Å². The van der Waals surface area contributed by atoms with Gasteiger partial charge in [-0.2, -0.15) is 0 Å². The zero-order chi connectivity index (χ0) is 17.6. The number of rotatable bonds is 2. The smallest absolute Gasteiger partial charge is 0.125 e. The van der Waals surface area contributed by atoms with Gasteiger partial charge in [-0.25, -0.2) is 4.98 Å². The summed E-state index contributed by atoms with van der Waals surface area (Å²) in [6.07, 6.45) is 5.78. The minimum atomic E-state index is -0.524. The first-order valence-electron chi connectivity index (χ1n) is 8.34. The predicted molar refractivity (Wildman–Crippen MR) is 109 cm³/mol. The minimum Gasteiger partial charge on any atom is -0.319 e. The second-order valence-electron chi connectivity index (χ2n) is 6.23. The molecule has 0 bridgehead atoms. The van der Waals surface area contributed by atoms with Crippen LogP contribution in [0.15, 0.2) is 82.9 Å². The molecule has 0 saturated carbocycles. The van der Waals surface area contributed by atoms with E-state index >= 15 is 0 Å². The zero-order valence-corrected chi connectivity index (χ0v) is 16.2. The summed E-state index contributed by atoms with van der Waals surface area (Å²) in [6, 6.07) is 19.1. The molecule has 2 aromatic heterocycles. The van der Waals surface area contributed by atoms with Crippen molar-refractivity contribution in [1.29, 1.82) is 0 Å². The lowest BCUT2D eigenvalue weighted by Crippen LogP contribution is -2.37. The number of halogens is 1. The van der Waals surface area contributed by atoms with Gasteiger partial charge in [0.1, 0.15) is 5.54 Å². The van der Waals surface area contributed by atoms with Crippen LogP contribution in [0, 0.1) is 0 Å². The Labute approximate surface area is 165 Å². The van der Waals surface area contributed by atoms with Gasteiger partial charge in [0.05, 0.1) is 10.5 Å². The molecule has 1 aliphatic rings. The molecule has 0 aliphatic carbocycles. The summed E-state index contributed by atoms with van der Waals surface area (Å²) in [7, 11) is 0. The van der Waals surface area contributed by atoms with E-state index in [1.54, 1.807) is 11.3 Å². The number of hydrogen-bond acceptors (Lipinski definition) is 3. The van der Waals surface area contributed by atoms with E-state index in [4.69, 9.17) is 11.6 Å². The molecule has 0 amide bonds. The lowest BCUT2D eigenvalue weighted by molar-refractivity contribution is 0.508. The third-order valence-electron chi connectivity index (χ3n) is 4.94. The van der Waals surface area contributed by atoms with Crippen LogP contribution in [0.25, 0.3) is 0 Å². The number of fused-ring (bicyclic) bond motifs is 2. The molecule has 0 fully saturated rings. The van der Waals surface area contributed by atoms with E-state index in [1.165, 1.54) is 20.9 Å². The average Bonchev–Trinajstić information content (AvgIpc) is 3.34. The summed E-state index contributed by atoms with van der Waals surface area (Å²) in [5.41, 5.74) is 4.41. The highest BCUT2D eigenvalue weighted by molar-refractivity contribution is 8.00. The lowest BCUT2D eigenvalue weighted by Gasteiger charge is -2.37. The molecule has 5 rings (SSSR count). The number of thiophene rings is 1. The zero-order valence-electron chi connectivity index (χ0n) is 13.8. The van der Waals surface area contributed by atoms with Gasteiger partial charge in [-0.3, -0.25) is 0 Å². The van der Waals surface area contributed by atoms with Gasteiger partial charge in [-0.15, -0.1) is 23.1 Å². The molecule has 5 heteroatoms. The van der Waals surface area contributed by atoms with Crippen LogP contribution >= 0.6 is 34.7 Å². The summed E-state index contributed by atoms with van der Waals surface area (Å²) >= 11 is 10.5. The lowest BCUT2D eigenvalue weighted by atomic mass is 9.76. The van der Waals surface area contributed by atoms with Crippen molar-refractivity contribution in [2.75, 3.05) is 0 Å². The third-order valence-corrected chi connectivity index (χ3v) is 7.56. The summed E-state index contributed by atoms with van der Waals surface area (Å²) < 4.78 is 3.53. The Kier molecular flexibility index (Phi) is 3.92. The summed E-state index contributed by atoms with van der Waals surface area (Å²) in [5.74, 6) is 0.949. The van der Waals surface area contributed by atoms with Gasteiger partial charge < -0.3 is 4.57 Å². The predicted octanol–water partition coefficient (Wildman–Crippen LogP) is 6.04. The number of nitrogens with zero attached hydrogens (tertiary/aromatic N) is 2. The summed E-state index contributed by atoms with van der Waals surface area (Å²) in [5, 5.41) is 2.94. The van der Waals surface area contributed by atoms with Gasteiger partial charge in [0.15, 0.2) is 0 Å². The van der Waals surface area contributed by atoms with Gasteiger partial charge >= 0.3 is 0 Å². The maximum absolute atomic E-state index is 6.78. The van der Waals surface area contributed by atoms with Crippen molar-refractivity contribution in [3.63, 3.8) is 0 Å². The Hall–Kier alpha value is -2.01. The van der Waals surface area contributed by atoms with Gasteiger partial charge in [-0.1, -0.05) is 54.1 Å². The van der Waals surface area contributed by atoms with E-state index in [0.717, 1.165) is 16.3 Å². The van der Waals surface area contributed by atoms with E-state index in [2.05, 4.69) is 57.4 Å². The molecule has 1 aliphatic heterocycles. The molecule has 0 N–H and O–H groups in total. The molecule has 0 radical (unpaired) electrons. The van der Waals surface area contributed by atoms with E-state index in [0.29, 0.717) is 0 Å². The Bertz CT molecular complexity index is 1070. The highest BCUT2D eigenvalue weighted by atomic mass is 35.5. The first-order chi connectivity index (χ1) is 12.8. The normalized spacial score (nSPS) is 18.8. The Balaban J connectivity index is 1.99. The molecule has 4 aromatic rings. The highest BCUT2D eigenvalue weighted by Crippen LogP contribution is 2.52. The van der Waals surface area contributed by atoms with Crippen molar-refractivity contribution in [3.8, 4) is 0 Å². The van der Waals surface area contributed by atoms with Crippen LogP contribution in [0.3, 0.4) is 0 Å². The van der Waals surface area contributed by atoms with Crippen LogP contribution < -0.4 is 0 Å². The third kappa shape index (κ3) is 2.22. The highest BCUT2D eigenvalue weighted by Gasteiger charge is 2.44. The van der Waals surface area contributed by atoms with Crippen LogP contribution in [-0.2, 0) is 11.3 Å². The average molecular weight is 395 g/mol. The van der Waals surface area contributed by atoms with Crippen molar-refractivity contribution in [2.24, 2.45) is 0 Å². The molecule has 1 atom stereocenters. The number of benzene rings is 2. The first-order valence-corrected chi connectivity index (χ1v) is 10.6. The largest absolute Gasteiger partial charge is 0.319 e. The monoisotopic (exact) mass is 394 g/mol. The summed E-state index contributed by atoms with van der Waals surface area (Å²) in [6.45, 7) is 0. The van der Waals surface area contributed by atoms with Gasteiger partial charge in [-0.05, 0) is 28.6 Å². The van der Waals surface area contributed by atoms with Crippen molar-refractivity contribution >= 4 is 34.7 Å². The summed E-state index contributed by atoms with van der Waals surface area (Å²) in [4.78, 5) is 4.37. The molecule has 128 valence electrons. The Morgan fingerprint density at radius 1 is 0.962 bits per heavy atom. The van der Waals surface area contributed by atoms with Crippen LogP contribution in [0.1, 0.15) is 22.3 Å². The molecular formula is C21H15ClN2S2. The molecule has 2 aromatic carbocycles. The van der Waals surface area contributed by atoms with Crippen LogP contribution in [0.4, 0.5) is 0 Å². The van der Waals surface area contributed by atoms with Gasteiger partial charge in [0.25, 0.3) is 0 Å². The number of thioether (sulfide) groups is 1. The number of hydrogen-bond donors (Lipinski definition) is 0. The molecule has 2 nitrogen and oxygen atoms in total. The minimum absolute atomic E-state index is 0.524. The topological polar surface area (TPSA) is 17.8 Å². The molecular weight excluding hydrogens is 380 g/mol. The van der Waals surface area contributed by atoms with Crippen molar-refractivity contribution in [1.82, 2.24) is 9.55 Å². The second-order valence-corrected chi connectivity index (χ2v) is 8.80. The molecule has 3 heterocycles. The van der Waals surface area contributed by atoms with Crippen molar-refractivity contribution < 1.29 is 0 Å². The van der Waals surface area contributed by atoms with E-state index in [9.17, 15) is 0 Å². The van der Waals surface area contributed by atoms with Crippen molar-refractivity contribution in [2.45, 2.75) is 15.5 Å². The first kappa shape index (κ1) is 16.2. The second kappa shape index (κ2) is 6.31. The van der Waals surface area contributed by atoms with Crippen LogP contribution in [0.2, 0.25) is 5.02 Å². The van der Waals surface area contributed by atoms with Crippen molar-refractivity contribution in [3.05, 3.63) is 106 Å². The SMILES string of the molecule is Clc1ccccc1[C@@]1(n2ccnc2)c2ccccc2CSc2sccc21.